The number of anilines is 2. The van der Waals surface area contributed by atoms with E-state index >= 15 is 0 Å². The summed E-state index contributed by atoms with van der Waals surface area (Å²) in [6.45, 7) is 1.95. The van der Waals surface area contributed by atoms with E-state index in [1.807, 2.05) is 19.1 Å². The molecule has 3 N–H and O–H groups in total. The number of rotatable bonds is 6. The number of carbonyl (C=O) groups excluding carboxylic acids is 3. The van der Waals surface area contributed by atoms with Crippen molar-refractivity contribution in [3.63, 3.8) is 0 Å². The van der Waals surface area contributed by atoms with Crippen LogP contribution in [0.5, 0.6) is 5.75 Å². The third-order valence-electron chi connectivity index (χ3n) is 5.41. The topological polar surface area (TPSA) is 101 Å². The predicted octanol–water partition coefficient (Wildman–Crippen LogP) is 4.83. The van der Waals surface area contributed by atoms with Crippen molar-refractivity contribution in [2.75, 3.05) is 23.2 Å². The quantitative estimate of drug-likeness (QED) is 0.337. The molecule has 0 aliphatic carbocycles. The number of fused-ring (bicyclic) bond motifs is 1. The van der Waals surface area contributed by atoms with Crippen molar-refractivity contribution < 1.29 is 19.1 Å². The number of aromatic nitrogens is 1. The number of methoxy groups -OCH3 is 1. The van der Waals surface area contributed by atoms with Crippen molar-refractivity contribution >= 4 is 51.6 Å². The molecule has 8 nitrogen and oxygen atoms in total. The molecule has 0 aliphatic heterocycles. The summed E-state index contributed by atoms with van der Waals surface area (Å²) in [4.78, 5) is 38.6. The van der Waals surface area contributed by atoms with E-state index in [1.54, 1.807) is 67.8 Å². The molecular formula is C26H23ClN4O4. The minimum Gasteiger partial charge on any atom is -0.497 e. The molecular weight excluding hydrogens is 468 g/mol. The number of carbonyl (C=O) groups is 3. The van der Waals surface area contributed by atoms with Crippen molar-refractivity contribution in [2.24, 2.45) is 0 Å². The van der Waals surface area contributed by atoms with Gasteiger partial charge in [0.1, 0.15) is 11.4 Å². The molecule has 0 fully saturated rings. The molecule has 0 aliphatic rings. The Morgan fingerprint density at radius 2 is 1.66 bits per heavy atom. The maximum Gasteiger partial charge on any atom is 0.328 e. The normalized spacial score (nSPS) is 10.6. The zero-order valence-corrected chi connectivity index (χ0v) is 19.8. The van der Waals surface area contributed by atoms with Crippen LogP contribution in [0, 0.1) is 0 Å². The predicted molar refractivity (Wildman–Crippen MR) is 137 cm³/mol. The van der Waals surface area contributed by atoms with Crippen LogP contribution in [0.2, 0.25) is 5.02 Å². The Balaban J connectivity index is 1.61. The Morgan fingerprint density at radius 3 is 2.37 bits per heavy atom. The van der Waals surface area contributed by atoms with Gasteiger partial charge in [-0.05, 0) is 66.6 Å². The molecule has 1 heterocycles. The first-order valence-corrected chi connectivity index (χ1v) is 11.2. The molecule has 3 amide bonds. The van der Waals surface area contributed by atoms with Gasteiger partial charge in [0, 0.05) is 21.8 Å². The number of ether oxygens (including phenoxy) is 1. The fraction of sp³-hybridized carbons (Fsp3) is 0.115. The van der Waals surface area contributed by atoms with Crippen molar-refractivity contribution in [1.82, 2.24) is 4.68 Å². The van der Waals surface area contributed by atoms with Gasteiger partial charge in [-0.2, -0.15) is 0 Å². The molecule has 9 heteroatoms. The van der Waals surface area contributed by atoms with E-state index in [4.69, 9.17) is 16.3 Å². The van der Waals surface area contributed by atoms with Crippen LogP contribution in [0.15, 0.2) is 72.8 Å². The molecule has 0 bridgehead atoms. The van der Waals surface area contributed by atoms with E-state index in [0.29, 0.717) is 39.5 Å². The van der Waals surface area contributed by atoms with Gasteiger partial charge in [-0.25, -0.2) is 4.68 Å². The van der Waals surface area contributed by atoms with Crippen molar-refractivity contribution in [3.8, 4) is 5.75 Å². The molecule has 0 saturated carbocycles. The second-order valence-corrected chi connectivity index (χ2v) is 8.09. The van der Waals surface area contributed by atoms with Crippen molar-refractivity contribution in [2.45, 2.75) is 13.3 Å². The number of para-hydroxylation sites is 1. The summed E-state index contributed by atoms with van der Waals surface area (Å²) in [5, 5.41) is 6.50. The van der Waals surface area contributed by atoms with Gasteiger partial charge in [0.2, 0.25) is 0 Å². The first-order valence-electron chi connectivity index (χ1n) is 10.9. The smallest absolute Gasteiger partial charge is 0.328 e. The van der Waals surface area contributed by atoms with E-state index in [-0.39, 0.29) is 5.69 Å². The van der Waals surface area contributed by atoms with E-state index in [2.05, 4.69) is 16.1 Å². The van der Waals surface area contributed by atoms with Crippen LogP contribution < -0.4 is 20.8 Å². The Kier molecular flexibility index (Phi) is 7.03. The largest absolute Gasteiger partial charge is 0.497 e. The van der Waals surface area contributed by atoms with Crippen LogP contribution >= 0.6 is 11.6 Å². The Labute approximate surface area is 206 Å². The highest BCUT2D eigenvalue weighted by atomic mass is 35.5. The number of nitrogens with zero attached hydrogens (tertiary/aromatic N) is 1. The number of aryl methyl sites for hydroxylation is 1. The van der Waals surface area contributed by atoms with Gasteiger partial charge in [0.15, 0.2) is 0 Å². The van der Waals surface area contributed by atoms with Gasteiger partial charge < -0.3 is 15.4 Å². The summed E-state index contributed by atoms with van der Waals surface area (Å²) >= 11 is 6.12. The van der Waals surface area contributed by atoms with Gasteiger partial charge >= 0.3 is 11.8 Å². The molecule has 0 unspecified atom stereocenters. The van der Waals surface area contributed by atoms with E-state index in [0.717, 1.165) is 5.56 Å². The number of hydrogen-bond acceptors (Lipinski definition) is 4. The standard InChI is InChI=1S/C26H23ClN4O4/c1-3-16-6-4-5-7-21(16)29-25(33)26(34)30-31-22-13-8-18(27)14-17(22)15-23(31)24(32)28-19-9-11-20(35-2)12-10-19/h4-15H,3H2,1-2H3,(H,28,32)(H,29,33)(H,30,34). The fourth-order valence-electron chi connectivity index (χ4n) is 3.63. The second kappa shape index (κ2) is 10.3. The van der Waals surface area contributed by atoms with Gasteiger partial charge in [-0.15, -0.1) is 0 Å². The highest BCUT2D eigenvalue weighted by Crippen LogP contribution is 2.24. The Bertz CT molecular complexity index is 1410. The summed E-state index contributed by atoms with van der Waals surface area (Å²) in [6, 6.07) is 20.6. The lowest BCUT2D eigenvalue weighted by Crippen LogP contribution is -2.36. The molecule has 3 aromatic carbocycles. The Morgan fingerprint density at radius 1 is 0.914 bits per heavy atom. The average Bonchev–Trinajstić information content (AvgIpc) is 3.22. The van der Waals surface area contributed by atoms with Crippen molar-refractivity contribution in [1.29, 1.82) is 0 Å². The van der Waals surface area contributed by atoms with E-state index in [9.17, 15) is 14.4 Å². The maximum atomic E-state index is 13.1. The van der Waals surface area contributed by atoms with E-state index < -0.39 is 17.7 Å². The Hall–Kier alpha value is -4.30. The molecule has 178 valence electrons. The van der Waals surface area contributed by atoms with Crippen LogP contribution in [-0.2, 0) is 16.0 Å². The lowest BCUT2D eigenvalue weighted by molar-refractivity contribution is -0.133. The first-order chi connectivity index (χ1) is 16.9. The van der Waals surface area contributed by atoms with Crippen LogP contribution in [0.4, 0.5) is 11.4 Å². The van der Waals surface area contributed by atoms with Gasteiger partial charge in [-0.1, -0.05) is 36.7 Å². The summed E-state index contributed by atoms with van der Waals surface area (Å²) < 4.78 is 6.41. The highest BCUT2D eigenvalue weighted by molar-refractivity contribution is 6.42. The SMILES string of the molecule is CCc1ccccc1NC(=O)C(=O)Nn1c(C(=O)Nc2ccc(OC)cc2)cc2cc(Cl)ccc21. The summed E-state index contributed by atoms with van der Waals surface area (Å²) in [5.74, 6) is -1.63. The summed E-state index contributed by atoms with van der Waals surface area (Å²) in [6.07, 6.45) is 0.691. The summed E-state index contributed by atoms with van der Waals surface area (Å²) in [7, 11) is 1.55. The number of halogens is 1. The molecule has 0 atom stereocenters. The lowest BCUT2D eigenvalue weighted by Gasteiger charge is -2.14. The first kappa shape index (κ1) is 23.8. The minimum atomic E-state index is -0.929. The number of hydrogen-bond donors (Lipinski definition) is 3. The van der Waals surface area contributed by atoms with Crippen molar-refractivity contribution in [3.05, 3.63) is 89.1 Å². The zero-order valence-electron chi connectivity index (χ0n) is 19.1. The number of benzene rings is 3. The third kappa shape index (κ3) is 5.28. The number of amides is 3. The average molecular weight is 491 g/mol. The molecule has 0 saturated heterocycles. The van der Waals surface area contributed by atoms with Gasteiger partial charge in [0.05, 0.1) is 12.6 Å². The lowest BCUT2D eigenvalue weighted by atomic mass is 10.1. The van der Waals surface area contributed by atoms with Crippen LogP contribution in [0.3, 0.4) is 0 Å². The molecule has 4 rings (SSSR count). The zero-order chi connectivity index (χ0) is 24.9. The van der Waals surface area contributed by atoms with Gasteiger partial charge in [-0.3, -0.25) is 19.8 Å². The minimum absolute atomic E-state index is 0.119. The number of nitrogens with one attached hydrogen (secondary N) is 3. The monoisotopic (exact) mass is 490 g/mol. The van der Waals surface area contributed by atoms with Gasteiger partial charge in [0.25, 0.3) is 5.91 Å². The maximum absolute atomic E-state index is 13.1. The third-order valence-corrected chi connectivity index (χ3v) is 5.65. The highest BCUT2D eigenvalue weighted by Gasteiger charge is 2.21. The molecule has 0 radical (unpaired) electrons. The second-order valence-electron chi connectivity index (χ2n) is 7.66. The molecule has 4 aromatic rings. The van der Waals surface area contributed by atoms with Crippen LogP contribution in [0.25, 0.3) is 10.9 Å². The van der Waals surface area contributed by atoms with E-state index in [1.165, 1.54) is 4.68 Å². The van der Waals surface area contributed by atoms with Crippen LogP contribution in [-0.4, -0.2) is 29.5 Å². The van der Waals surface area contributed by atoms with Crippen LogP contribution in [0.1, 0.15) is 23.0 Å². The molecule has 1 aromatic heterocycles. The summed E-state index contributed by atoms with van der Waals surface area (Å²) in [5.41, 5.74) is 5.14. The molecule has 0 spiro atoms. The molecule has 35 heavy (non-hydrogen) atoms. The fourth-order valence-corrected chi connectivity index (χ4v) is 3.81.